The Morgan fingerprint density at radius 1 is 1.09 bits per heavy atom. The van der Waals surface area contributed by atoms with E-state index in [0.29, 0.717) is 19.3 Å². The van der Waals surface area contributed by atoms with Crippen molar-refractivity contribution in [3.63, 3.8) is 0 Å². The molecule has 5 rings (SSSR count). The number of hydrogen-bond acceptors (Lipinski definition) is 6. The van der Waals surface area contributed by atoms with E-state index in [-0.39, 0.29) is 0 Å². The quantitative estimate of drug-likeness (QED) is 0.377. The zero-order valence-corrected chi connectivity index (χ0v) is 19.1. The number of ether oxygens (including phenoxy) is 3. The molecule has 4 heterocycles. The summed E-state index contributed by atoms with van der Waals surface area (Å²) >= 11 is 0. The molecule has 0 N–H and O–H groups in total. The van der Waals surface area contributed by atoms with Crippen molar-refractivity contribution < 1.29 is 14.2 Å². The molecule has 0 spiro atoms. The Hall–Kier alpha value is -3.23. The molecule has 8 nitrogen and oxygen atoms in total. The van der Waals surface area contributed by atoms with E-state index < -0.39 is 0 Å². The van der Waals surface area contributed by atoms with Crippen molar-refractivity contribution in [1.29, 1.82) is 0 Å². The van der Waals surface area contributed by atoms with Crippen LogP contribution in [0.1, 0.15) is 31.5 Å². The van der Waals surface area contributed by atoms with Gasteiger partial charge in [0.15, 0.2) is 5.65 Å². The molecule has 1 saturated heterocycles. The Morgan fingerprint density at radius 3 is 2.79 bits per heavy atom. The van der Waals surface area contributed by atoms with Crippen molar-refractivity contribution in [3.05, 3.63) is 54.4 Å². The van der Waals surface area contributed by atoms with Crippen molar-refractivity contribution in [2.24, 2.45) is 0 Å². The highest BCUT2D eigenvalue weighted by Crippen LogP contribution is 2.30. The summed E-state index contributed by atoms with van der Waals surface area (Å²) in [5, 5.41) is 10.6. The van der Waals surface area contributed by atoms with Crippen LogP contribution in [0, 0.1) is 0 Å². The van der Waals surface area contributed by atoms with Gasteiger partial charge < -0.3 is 14.2 Å². The first-order valence-corrected chi connectivity index (χ1v) is 11.5. The Kier molecular flexibility index (Phi) is 6.37. The van der Waals surface area contributed by atoms with E-state index in [1.807, 2.05) is 35.0 Å². The summed E-state index contributed by atoms with van der Waals surface area (Å²) in [4.78, 5) is 5.08. The fourth-order valence-corrected chi connectivity index (χ4v) is 4.32. The number of pyridine rings is 1. The average Bonchev–Trinajstić information content (AvgIpc) is 3.50. The van der Waals surface area contributed by atoms with E-state index >= 15 is 0 Å². The number of benzene rings is 1. The maximum Gasteiger partial charge on any atom is 0.159 e. The summed E-state index contributed by atoms with van der Waals surface area (Å²) in [5.74, 6) is 0.777. The number of rotatable bonds is 8. The van der Waals surface area contributed by atoms with Gasteiger partial charge in [0, 0.05) is 31.8 Å². The van der Waals surface area contributed by atoms with E-state index in [1.165, 1.54) is 0 Å². The smallest absolute Gasteiger partial charge is 0.159 e. The molecule has 1 aliphatic rings. The van der Waals surface area contributed by atoms with Crippen LogP contribution in [0.5, 0.6) is 5.75 Å². The zero-order valence-electron chi connectivity index (χ0n) is 19.1. The van der Waals surface area contributed by atoms with Crippen LogP contribution in [0.15, 0.2) is 48.7 Å². The number of nitrogens with zero attached hydrogens (tertiary/aromatic N) is 5. The van der Waals surface area contributed by atoms with Gasteiger partial charge >= 0.3 is 0 Å². The summed E-state index contributed by atoms with van der Waals surface area (Å²) in [6, 6.07) is 14.4. The fraction of sp³-hybridized carbons (Fsp3) is 0.400. The lowest BCUT2D eigenvalue weighted by molar-refractivity contribution is 0.0672. The monoisotopic (exact) mass is 447 g/mol. The van der Waals surface area contributed by atoms with Gasteiger partial charge in [-0.05, 0) is 49.6 Å². The molecule has 0 amide bonds. The fourth-order valence-electron chi connectivity index (χ4n) is 4.32. The van der Waals surface area contributed by atoms with Crippen molar-refractivity contribution in [2.75, 3.05) is 33.5 Å². The van der Waals surface area contributed by atoms with E-state index in [9.17, 15) is 0 Å². The van der Waals surface area contributed by atoms with Gasteiger partial charge in [-0.2, -0.15) is 10.2 Å². The Morgan fingerprint density at radius 2 is 1.97 bits per heavy atom. The van der Waals surface area contributed by atoms with Crippen LogP contribution < -0.4 is 4.74 Å². The third kappa shape index (κ3) is 4.36. The first-order valence-electron chi connectivity index (χ1n) is 11.5. The summed E-state index contributed by atoms with van der Waals surface area (Å²) in [5.41, 5.74) is 4.72. The van der Waals surface area contributed by atoms with Crippen LogP contribution in [0.4, 0.5) is 0 Å². The lowest BCUT2D eigenvalue weighted by atomic mass is 10.1. The van der Waals surface area contributed by atoms with Crippen LogP contribution in [0.25, 0.3) is 28.1 Å². The molecule has 0 bridgehead atoms. The van der Waals surface area contributed by atoms with E-state index in [1.54, 1.807) is 13.3 Å². The van der Waals surface area contributed by atoms with Crippen molar-refractivity contribution in [3.8, 4) is 22.8 Å². The molecule has 172 valence electrons. The molecule has 0 atom stereocenters. The standard InChI is InChI=1S/C25H29N5O3/c1-3-22-21-7-8-23(27-25(21)30(28-22)18-10-13-32-14-11-18)24-9-12-26-29(24)19-5-4-6-20(17-19)33-16-15-31-2/h4-9,12,17-18H,3,10-11,13-16H2,1-2H3. The molecule has 0 radical (unpaired) electrons. The summed E-state index contributed by atoms with van der Waals surface area (Å²) in [6.07, 6.45) is 4.59. The molecule has 0 unspecified atom stereocenters. The second-order valence-corrected chi connectivity index (χ2v) is 8.12. The third-order valence-electron chi connectivity index (χ3n) is 6.03. The lowest BCUT2D eigenvalue weighted by Crippen LogP contribution is -2.21. The number of fused-ring (bicyclic) bond motifs is 1. The van der Waals surface area contributed by atoms with Crippen LogP contribution >= 0.6 is 0 Å². The highest BCUT2D eigenvalue weighted by molar-refractivity contribution is 5.81. The Bertz CT molecular complexity index is 1230. The molecule has 0 aliphatic carbocycles. The molecule has 8 heteroatoms. The van der Waals surface area contributed by atoms with Gasteiger partial charge in [0.05, 0.1) is 41.6 Å². The minimum atomic E-state index is 0.315. The Labute approximate surface area is 193 Å². The summed E-state index contributed by atoms with van der Waals surface area (Å²) < 4.78 is 20.4. The van der Waals surface area contributed by atoms with E-state index in [0.717, 1.165) is 72.0 Å². The second-order valence-electron chi connectivity index (χ2n) is 8.12. The SMILES string of the molecule is CCc1nn(C2CCOCC2)c2nc(-c3ccnn3-c3cccc(OCCOC)c3)ccc12. The van der Waals surface area contributed by atoms with E-state index in [4.69, 9.17) is 24.3 Å². The summed E-state index contributed by atoms with van der Waals surface area (Å²) in [6.45, 7) is 4.72. The van der Waals surface area contributed by atoms with Gasteiger partial charge in [-0.25, -0.2) is 14.3 Å². The second kappa shape index (κ2) is 9.72. The molecular formula is C25H29N5O3. The largest absolute Gasteiger partial charge is 0.491 e. The minimum absolute atomic E-state index is 0.315. The normalized spacial score (nSPS) is 14.7. The van der Waals surface area contributed by atoms with Crippen molar-refractivity contribution in [1.82, 2.24) is 24.5 Å². The zero-order chi connectivity index (χ0) is 22.6. The highest BCUT2D eigenvalue weighted by Gasteiger charge is 2.22. The van der Waals surface area contributed by atoms with Crippen LogP contribution in [0.3, 0.4) is 0 Å². The minimum Gasteiger partial charge on any atom is -0.491 e. The predicted octanol–water partition coefficient (Wildman–Crippen LogP) is 4.22. The molecule has 1 fully saturated rings. The van der Waals surface area contributed by atoms with Crippen LogP contribution in [-0.2, 0) is 15.9 Å². The van der Waals surface area contributed by atoms with Gasteiger partial charge in [-0.1, -0.05) is 13.0 Å². The molecular weight excluding hydrogens is 418 g/mol. The maximum atomic E-state index is 5.78. The van der Waals surface area contributed by atoms with Crippen LogP contribution in [0.2, 0.25) is 0 Å². The number of methoxy groups -OCH3 is 1. The average molecular weight is 448 g/mol. The van der Waals surface area contributed by atoms with Crippen LogP contribution in [-0.4, -0.2) is 58.1 Å². The number of aryl methyl sites for hydroxylation is 1. The lowest BCUT2D eigenvalue weighted by Gasteiger charge is -2.22. The predicted molar refractivity (Wildman–Crippen MR) is 126 cm³/mol. The molecule has 1 aliphatic heterocycles. The van der Waals surface area contributed by atoms with Gasteiger partial charge in [0.2, 0.25) is 0 Å². The molecule has 33 heavy (non-hydrogen) atoms. The molecule has 4 aromatic rings. The number of aromatic nitrogens is 5. The van der Waals surface area contributed by atoms with Gasteiger partial charge in [-0.3, -0.25) is 0 Å². The molecule has 1 aromatic carbocycles. The van der Waals surface area contributed by atoms with Gasteiger partial charge in [0.1, 0.15) is 12.4 Å². The highest BCUT2D eigenvalue weighted by atomic mass is 16.5. The maximum absolute atomic E-state index is 5.78. The van der Waals surface area contributed by atoms with E-state index in [2.05, 4.69) is 28.8 Å². The Balaban J connectivity index is 1.52. The van der Waals surface area contributed by atoms with Crippen molar-refractivity contribution in [2.45, 2.75) is 32.2 Å². The number of hydrogen-bond donors (Lipinski definition) is 0. The first-order chi connectivity index (χ1) is 16.3. The molecule has 3 aromatic heterocycles. The van der Waals surface area contributed by atoms with Gasteiger partial charge in [0.25, 0.3) is 0 Å². The van der Waals surface area contributed by atoms with Gasteiger partial charge in [-0.15, -0.1) is 0 Å². The molecule has 0 saturated carbocycles. The van der Waals surface area contributed by atoms with Crippen molar-refractivity contribution >= 4 is 11.0 Å². The summed E-state index contributed by atoms with van der Waals surface area (Å²) in [7, 11) is 1.66. The third-order valence-corrected chi connectivity index (χ3v) is 6.03. The first kappa shape index (κ1) is 21.6. The topological polar surface area (TPSA) is 76.2 Å².